The van der Waals surface area contributed by atoms with Crippen LogP contribution in [0.15, 0.2) is 47.1 Å². The highest BCUT2D eigenvalue weighted by Gasteiger charge is 2.13. The van der Waals surface area contributed by atoms with Crippen LogP contribution < -0.4 is 5.32 Å². The number of anilines is 1. The van der Waals surface area contributed by atoms with Crippen LogP contribution in [0.2, 0.25) is 0 Å². The SMILES string of the molecule is CCc1occc1C(=O)Nc1cccc(/C=C/C(=O)O)c1. The average Bonchev–Trinajstić information content (AvgIpc) is 2.94. The zero-order valence-electron chi connectivity index (χ0n) is 11.5. The fourth-order valence-corrected chi connectivity index (χ4v) is 1.90. The van der Waals surface area contributed by atoms with Crippen LogP contribution >= 0.6 is 0 Å². The van der Waals surface area contributed by atoms with Gasteiger partial charge < -0.3 is 14.8 Å². The van der Waals surface area contributed by atoms with Crippen LogP contribution in [-0.2, 0) is 11.2 Å². The molecule has 0 aliphatic rings. The van der Waals surface area contributed by atoms with Crippen molar-refractivity contribution in [3.05, 3.63) is 59.6 Å². The maximum atomic E-state index is 12.1. The number of benzene rings is 1. The lowest BCUT2D eigenvalue weighted by atomic mass is 10.1. The van der Waals surface area contributed by atoms with Gasteiger partial charge in [-0.05, 0) is 29.8 Å². The van der Waals surface area contributed by atoms with Gasteiger partial charge in [0.2, 0.25) is 0 Å². The summed E-state index contributed by atoms with van der Waals surface area (Å²) in [5, 5.41) is 11.4. The largest absolute Gasteiger partial charge is 0.478 e. The van der Waals surface area contributed by atoms with Crippen molar-refractivity contribution in [1.29, 1.82) is 0 Å². The summed E-state index contributed by atoms with van der Waals surface area (Å²) in [5.74, 6) is -0.634. The summed E-state index contributed by atoms with van der Waals surface area (Å²) in [6.45, 7) is 1.91. The molecule has 0 aliphatic heterocycles. The number of carboxylic acid groups (broad SMARTS) is 1. The molecule has 0 spiro atoms. The van der Waals surface area contributed by atoms with E-state index in [2.05, 4.69) is 5.32 Å². The molecule has 0 bridgehead atoms. The Hall–Kier alpha value is -2.82. The number of hydrogen-bond acceptors (Lipinski definition) is 3. The zero-order chi connectivity index (χ0) is 15.2. The predicted octanol–water partition coefficient (Wildman–Crippen LogP) is 3.19. The summed E-state index contributed by atoms with van der Waals surface area (Å²) in [4.78, 5) is 22.6. The molecule has 0 saturated heterocycles. The summed E-state index contributed by atoms with van der Waals surface area (Å²) >= 11 is 0. The molecule has 0 saturated carbocycles. The van der Waals surface area contributed by atoms with Crippen molar-refractivity contribution in [1.82, 2.24) is 0 Å². The summed E-state index contributed by atoms with van der Waals surface area (Å²) in [6.07, 6.45) is 4.64. The number of rotatable bonds is 5. The Morgan fingerprint density at radius 3 is 2.86 bits per heavy atom. The smallest absolute Gasteiger partial charge is 0.328 e. The monoisotopic (exact) mass is 285 g/mol. The number of hydrogen-bond donors (Lipinski definition) is 2. The average molecular weight is 285 g/mol. The van der Waals surface area contributed by atoms with Crippen LogP contribution in [0.4, 0.5) is 5.69 Å². The van der Waals surface area contributed by atoms with Gasteiger partial charge in [0, 0.05) is 18.2 Å². The lowest BCUT2D eigenvalue weighted by Crippen LogP contribution is -2.12. The van der Waals surface area contributed by atoms with E-state index in [1.54, 1.807) is 30.3 Å². The maximum absolute atomic E-state index is 12.1. The fourth-order valence-electron chi connectivity index (χ4n) is 1.90. The maximum Gasteiger partial charge on any atom is 0.328 e. The molecule has 2 rings (SSSR count). The number of carboxylic acids is 1. The third-order valence-electron chi connectivity index (χ3n) is 2.87. The number of carbonyl (C=O) groups excluding carboxylic acids is 1. The predicted molar refractivity (Wildman–Crippen MR) is 79.2 cm³/mol. The van der Waals surface area contributed by atoms with Crippen LogP contribution in [0, 0.1) is 0 Å². The lowest BCUT2D eigenvalue weighted by molar-refractivity contribution is -0.131. The molecule has 5 nitrogen and oxygen atoms in total. The first-order chi connectivity index (χ1) is 10.1. The molecule has 2 aromatic rings. The van der Waals surface area contributed by atoms with E-state index in [4.69, 9.17) is 9.52 Å². The molecule has 0 unspecified atom stereocenters. The van der Waals surface area contributed by atoms with Crippen LogP contribution in [0.25, 0.3) is 6.08 Å². The third kappa shape index (κ3) is 3.82. The van der Waals surface area contributed by atoms with E-state index in [0.29, 0.717) is 29.0 Å². The Kier molecular flexibility index (Phi) is 4.56. The topological polar surface area (TPSA) is 79.5 Å². The second kappa shape index (κ2) is 6.56. The van der Waals surface area contributed by atoms with Gasteiger partial charge in [0.05, 0.1) is 11.8 Å². The van der Waals surface area contributed by atoms with Crippen LogP contribution in [0.5, 0.6) is 0 Å². The van der Waals surface area contributed by atoms with Crippen molar-refractivity contribution in [2.45, 2.75) is 13.3 Å². The van der Waals surface area contributed by atoms with E-state index in [-0.39, 0.29) is 5.91 Å². The Morgan fingerprint density at radius 1 is 1.33 bits per heavy atom. The van der Waals surface area contributed by atoms with Crippen molar-refractivity contribution in [2.75, 3.05) is 5.32 Å². The van der Waals surface area contributed by atoms with Gasteiger partial charge in [-0.15, -0.1) is 0 Å². The number of furan rings is 1. The van der Waals surface area contributed by atoms with Gasteiger partial charge in [0.25, 0.3) is 5.91 Å². The standard InChI is InChI=1S/C16H15NO4/c1-2-14-13(8-9-21-14)16(20)17-12-5-3-4-11(10-12)6-7-15(18)19/h3-10H,2H2,1H3,(H,17,20)(H,18,19)/b7-6+. The Bertz CT molecular complexity index is 685. The van der Waals surface area contributed by atoms with Gasteiger partial charge in [-0.3, -0.25) is 4.79 Å². The van der Waals surface area contributed by atoms with E-state index < -0.39 is 5.97 Å². The first kappa shape index (κ1) is 14.6. The number of nitrogens with one attached hydrogen (secondary N) is 1. The van der Waals surface area contributed by atoms with Crippen molar-refractivity contribution < 1.29 is 19.1 Å². The van der Waals surface area contributed by atoms with E-state index >= 15 is 0 Å². The minimum absolute atomic E-state index is 0.250. The van der Waals surface area contributed by atoms with Crippen LogP contribution in [0.3, 0.4) is 0 Å². The van der Waals surface area contributed by atoms with Crippen molar-refractivity contribution in [3.63, 3.8) is 0 Å². The highest BCUT2D eigenvalue weighted by molar-refractivity contribution is 6.05. The molecule has 0 radical (unpaired) electrons. The van der Waals surface area contributed by atoms with Crippen LogP contribution in [-0.4, -0.2) is 17.0 Å². The molecule has 1 aromatic heterocycles. The highest BCUT2D eigenvalue weighted by Crippen LogP contribution is 2.16. The molecule has 5 heteroatoms. The number of aryl methyl sites for hydroxylation is 1. The third-order valence-corrected chi connectivity index (χ3v) is 2.87. The van der Waals surface area contributed by atoms with Gasteiger partial charge in [-0.1, -0.05) is 19.1 Å². The summed E-state index contributed by atoms with van der Waals surface area (Å²) < 4.78 is 5.22. The molecular formula is C16H15NO4. The zero-order valence-corrected chi connectivity index (χ0v) is 11.5. The van der Waals surface area contributed by atoms with Gasteiger partial charge >= 0.3 is 5.97 Å². The summed E-state index contributed by atoms with van der Waals surface area (Å²) in [7, 11) is 0. The van der Waals surface area contributed by atoms with Crippen molar-refractivity contribution in [3.8, 4) is 0 Å². The van der Waals surface area contributed by atoms with E-state index in [9.17, 15) is 9.59 Å². The molecule has 1 aromatic carbocycles. The number of carbonyl (C=O) groups is 2. The van der Waals surface area contributed by atoms with Gasteiger partial charge in [-0.2, -0.15) is 0 Å². The van der Waals surface area contributed by atoms with Crippen LogP contribution in [0.1, 0.15) is 28.6 Å². The molecule has 108 valence electrons. The summed E-state index contributed by atoms with van der Waals surface area (Å²) in [5.41, 5.74) is 1.79. The second-order valence-corrected chi connectivity index (χ2v) is 4.36. The van der Waals surface area contributed by atoms with Crippen molar-refractivity contribution in [2.24, 2.45) is 0 Å². The van der Waals surface area contributed by atoms with Gasteiger partial charge in [0.15, 0.2) is 0 Å². The minimum atomic E-state index is -1.02. The molecule has 1 amide bonds. The Morgan fingerprint density at radius 2 is 2.14 bits per heavy atom. The van der Waals surface area contributed by atoms with Gasteiger partial charge in [-0.25, -0.2) is 4.79 Å². The molecule has 2 N–H and O–H groups in total. The first-order valence-electron chi connectivity index (χ1n) is 6.49. The molecular weight excluding hydrogens is 270 g/mol. The quantitative estimate of drug-likeness (QED) is 0.827. The fraction of sp³-hybridized carbons (Fsp3) is 0.125. The highest BCUT2D eigenvalue weighted by atomic mass is 16.4. The number of amides is 1. The second-order valence-electron chi connectivity index (χ2n) is 4.36. The van der Waals surface area contributed by atoms with E-state index in [1.807, 2.05) is 6.92 Å². The minimum Gasteiger partial charge on any atom is -0.478 e. The Labute approximate surface area is 121 Å². The Balaban J connectivity index is 2.14. The van der Waals surface area contributed by atoms with E-state index in [0.717, 1.165) is 6.08 Å². The normalized spacial score (nSPS) is 10.7. The number of aliphatic carboxylic acids is 1. The van der Waals surface area contributed by atoms with Crippen molar-refractivity contribution >= 4 is 23.6 Å². The molecule has 0 fully saturated rings. The molecule has 0 aliphatic carbocycles. The van der Waals surface area contributed by atoms with Gasteiger partial charge in [0.1, 0.15) is 5.76 Å². The molecule has 21 heavy (non-hydrogen) atoms. The molecule has 1 heterocycles. The first-order valence-corrected chi connectivity index (χ1v) is 6.49. The van der Waals surface area contributed by atoms with E-state index in [1.165, 1.54) is 12.3 Å². The summed E-state index contributed by atoms with van der Waals surface area (Å²) in [6, 6.07) is 8.56. The molecule has 0 atom stereocenters. The lowest BCUT2D eigenvalue weighted by Gasteiger charge is -2.05.